The van der Waals surface area contributed by atoms with Crippen LogP contribution in [0.15, 0.2) is 30.5 Å². The average Bonchev–Trinajstić information content (AvgIpc) is 2.28. The van der Waals surface area contributed by atoms with Crippen LogP contribution in [0.5, 0.6) is 0 Å². The Bertz CT molecular complexity index is 746. The molecule has 0 amide bonds. The second kappa shape index (κ2) is 3.35. The third-order valence-corrected chi connectivity index (χ3v) is 2.80. The van der Waals surface area contributed by atoms with Gasteiger partial charge in [0.25, 0.3) is 0 Å². The Kier molecular flexibility index (Phi) is 1.97. The monoisotopic (exact) mass is 227 g/mol. The first-order valence-electron chi connectivity index (χ1n) is 4.99. The van der Waals surface area contributed by atoms with E-state index in [4.69, 9.17) is 12.2 Å². The van der Waals surface area contributed by atoms with E-state index in [-0.39, 0.29) is 0 Å². The quantitative estimate of drug-likeness (QED) is 0.474. The average molecular weight is 227 g/mol. The summed E-state index contributed by atoms with van der Waals surface area (Å²) in [5.41, 5.74) is 3.11. The van der Waals surface area contributed by atoms with Gasteiger partial charge in [-0.1, -0.05) is 0 Å². The Hall–Kier alpha value is -1.81. The summed E-state index contributed by atoms with van der Waals surface area (Å²) in [4.78, 5) is 11.6. The number of nitrogens with zero attached hydrogens (tertiary/aromatic N) is 2. The van der Waals surface area contributed by atoms with Gasteiger partial charge in [0.05, 0.1) is 5.52 Å². The molecule has 3 rings (SSSR count). The van der Waals surface area contributed by atoms with E-state index in [0.717, 1.165) is 27.5 Å². The summed E-state index contributed by atoms with van der Waals surface area (Å²) in [6, 6.07) is 8.14. The number of hydrogen-bond acceptors (Lipinski definition) is 3. The van der Waals surface area contributed by atoms with Crippen LogP contribution in [0.2, 0.25) is 0 Å². The Balaban J connectivity index is 2.57. The van der Waals surface area contributed by atoms with E-state index >= 15 is 0 Å². The molecule has 3 nitrogen and oxygen atoms in total. The third-order valence-electron chi connectivity index (χ3n) is 2.60. The first kappa shape index (κ1) is 9.42. The highest BCUT2D eigenvalue weighted by molar-refractivity contribution is 7.71. The zero-order chi connectivity index (χ0) is 11.1. The predicted octanol–water partition coefficient (Wildman–Crippen LogP) is 3.15. The SMILES string of the molecule is Cc1ccc2c(ccc3cnc(=S)nc32)[nH]1. The molecule has 0 aliphatic carbocycles. The highest BCUT2D eigenvalue weighted by atomic mass is 32.1. The van der Waals surface area contributed by atoms with E-state index < -0.39 is 0 Å². The number of pyridine rings is 1. The normalized spacial score (nSPS) is 11.1. The highest BCUT2D eigenvalue weighted by Crippen LogP contribution is 2.21. The molecule has 0 fully saturated rings. The van der Waals surface area contributed by atoms with Crippen LogP contribution in [0.1, 0.15) is 5.69 Å². The van der Waals surface area contributed by atoms with Crippen LogP contribution in [0, 0.1) is 11.7 Å². The lowest BCUT2D eigenvalue weighted by atomic mass is 10.1. The van der Waals surface area contributed by atoms with Gasteiger partial charge in [0, 0.05) is 28.2 Å². The lowest BCUT2D eigenvalue weighted by molar-refractivity contribution is 1.19. The van der Waals surface area contributed by atoms with Gasteiger partial charge in [-0.2, -0.15) is 0 Å². The first-order chi connectivity index (χ1) is 7.74. The van der Waals surface area contributed by atoms with E-state index in [1.807, 2.05) is 25.1 Å². The second-order valence-electron chi connectivity index (χ2n) is 3.76. The second-order valence-corrected chi connectivity index (χ2v) is 4.12. The van der Waals surface area contributed by atoms with Crippen molar-refractivity contribution in [1.29, 1.82) is 0 Å². The fraction of sp³-hybridized carbons (Fsp3) is 0.0833. The minimum absolute atomic E-state index is 0.389. The number of benzene rings is 1. The lowest BCUT2D eigenvalue weighted by Crippen LogP contribution is -1.88. The molecule has 1 aromatic carbocycles. The predicted molar refractivity (Wildman–Crippen MR) is 67.0 cm³/mol. The number of aryl methyl sites for hydroxylation is 1. The van der Waals surface area contributed by atoms with Gasteiger partial charge in [-0.3, -0.25) is 0 Å². The largest absolute Gasteiger partial charge is 0.359 e. The number of H-pyrrole nitrogens is 1. The fourth-order valence-corrected chi connectivity index (χ4v) is 1.99. The molecule has 0 radical (unpaired) electrons. The molecule has 0 saturated heterocycles. The van der Waals surface area contributed by atoms with Crippen molar-refractivity contribution in [2.75, 3.05) is 0 Å². The van der Waals surface area contributed by atoms with E-state index in [9.17, 15) is 0 Å². The standard InChI is InChI=1S/C12H9N3S/c1-7-2-4-9-10(14-7)5-3-8-6-13-12(16)15-11(8)9/h2-6,14H,1H3. The summed E-state index contributed by atoms with van der Waals surface area (Å²) in [5.74, 6) is 0. The van der Waals surface area contributed by atoms with Crippen molar-refractivity contribution < 1.29 is 0 Å². The van der Waals surface area contributed by atoms with E-state index in [2.05, 4.69) is 21.0 Å². The summed E-state index contributed by atoms with van der Waals surface area (Å²) in [5, 5.41) is 2.09. The molecular weight excluding hydrogens is 218 g/mol. The van der Waals surface area contributed by atoms with E-state index in [0.29, 0.717) is 4.77 Å². The van der Waals surface area contributed by atoms with Gasteiger partial charge >= 0.3 is 0 Å². The molecule has 2 heterocycles. The van der Waals surface area contributed by atoms with Crippen molar-refractivity contribution in [3.63, 3.8) is 0 Å². The fourth-order valence-electron chi connectivity index (χ4n) is 1.84. The molecule has 0 saturated carbocycles. The van der Waals surface area contributed by atoms with E-state index in [1.54, 1.807) is 6.20 Å². The Morgan fingerprint density at radius 1 is 1.19 bits per heavy atom. The Labute approximate surface area is 97.2 Å². The summed E-state index contributed by atoms with van der Waals surface area (Å²) in [6.07, 6.45) is 1.77. The molecule has 4 heteroatoms. The lowest BCUT2D eigenvalue weighted by Gasteiger charge is -2.03. The molecule has 0 bridgehead atoms. The molecular formula is C12H9N3S. The van der Waals surface area contributed by atoms with Crippen LogP contribution in [-0.2, 0) is 0 Å². The zero-order valence-corrected chi connectivity index (χ0v) is 9.51. The number of hydrogen-bond donors (Lipinski definition) is 1. The molecule has 78 valence electrons. The molecule has 1 N–H and O–H groups in total. The van der Waals surface area contributed by atoms with Crippen LogP contribution < -0.4 is 0 Å². The zero-order valence-electron chi connectivity index (χ0n) is 8.69. The van der Waals surface area contributed by atoms with Crippen LogP contribution in [0.3, 0.4) is 0 Å². The van der Waals surface area contributed by atoms with Crippen molar-refractivity contribution in [3.8, 4) is 0 Å². The van der Waals surface area contributed by atoms with E-state index in [1.165, 1.54) is 0 Å². The van der Waals surface area contributed by atoms with Crippen molar-refractivity contribution in [3.05, 3.63) is 40.9 Å². The summed E-state index contributed by atoms with van der Waals surface area (Å²) < 4.78 is 0.389. The molecule has 0 unspecified atom stereocenters. The maximum atomic E-state index is 5.00. The number of nitrogens with one attached hydrogen (secondary N) is 1. The molecule has 0 atom stereocenters. The van der Waals surface area contributed by atoms with Gasteiger partial charge in [-0.15, -0.1) is 0 Å². The van der Waals surface area contributed by atoms with Gasteiger partial charge in [-0.05, 0) is 43.4 Å². The number of aromatic nitrogens is 3. The smallest absolute Gasteiger partial charge is 0.219 e. The highest BCUT2D eigenvalue weighted by Gasteiger charge is 2.02. The van der Waals surface area contributed by atoms with Crippen LogP contribution in [0.25, 0.3) is 21.8 Å². The maximum Gasteiger partial charge on any atom is 0.219 e. The molecule has 16 heavy (non-hydrogen) atoms. The Morgan fingerprint density at radius 3 is 2.94 bits per heavy atom. The van der Waals surface area contributed by atoms with Gasteiger partial charge < -0.3 is 4.98 Å². The third kappa shape index (κ3) is 1.39. The van der Waals surface area contributed by atoms with Crippen molar-refractivity contribution in [2.45, 2.75) is 6.92 Å². The van der Waals surface area contributed by atoms with Crippen LogP contribution >= 0.6 is 12.2 Å². The molecule has 2 aromatic heterocycles. The first-order valence-corrected chi connectivity index (χ1v) is 5.40. The van der Waals surface area contributed by atoms with Crippen molar-refractivity contribution in [2.24, 2.45) is 0 Å². The maximum absolute atomic E-state index is 5.00. The minimum atomic E-state index is 0.389. The van der Waals surface area contributed by atoms with Crippen molar-refractivity contribution >= 4 is 34.0 Å². The molecule has 0 aliphatic heterocycles. The molecule has 0 aliphatic rings. The van der Waals surface area contributed by atoms with Gasteiger partial charge in [0.2, 0.25) is 4.77 Å². The van der Waals surface area contributed by atoms with Gasteiger partial charge in [0.15, 0.2) is 0 Å². The topological polar surface area (TPSA) is 41.6 Å². The van der Waals surface area contributed by atoms with Crippen LogP contribution in [0.4, 0.5) is 0 Å². The molecule has 0 spiro atoms. The number of rotatable bonds is 0. The summed E-state index contributed by atoms with van der Waals surface area (Å²) in [7, 11) is 0. The number of aromatic amines is 1. The Morgan fingerprint density at radius 2 is 2.06 bits per heavy atom. The molecule has 3 aromatic rings. The summed E-state index contributed by atoms with van der Waals surface area (Å²) >= 11 is 5.00. The van der Waals surface area contributed by atoms with Crippen molar-refractivity contribution in [1.82, 2.24) is 15.0 Å². The number of fused-ring (bicyclic) bond motifs is 3. The van der Waals surface area contributed by atoms with Crippen LogP contribution in [-0.4, -0.2) is 15.0 Å². The van der Waals surface area contributed by atoms with Gasteiger partial charge in [0.1, 0.15) is 0 Å². The summed E-state index contributed by atoms with van der Waals surface area (Å²) in [6.45, 7) is 2.03. The minimum Gasteiger partial charge on any atom is -0.359 e. The van der Waals surface area contributed by atoms with Gasteiger partial charge in [-0.25, -0.2) is 9.97 Å².